The number of carboxylic acids is 1. The maximum atomic E-state index is 12.7. The molecule has 0 radical (unpaired) electrons. The first-order valence-corrected chi connectivity index (χ1v) is 10.5. The number of ether oxygens (including phenoxy) is 2. The van der Waals surface area contributed by atoms with Crippen molar-refractivity contribution in [3.05, 3.63) is 91.8 Å². The quantitative estimate of drug-likeness (QED) is 0.457. The molecule has 0 unspecified atom stereocenters. The van der Waals surface area contributed by atoms with E-state index in [1.165, 1.54) is 22.8 Å². The second-order valence-corrected chi connectivity index (χ2v) is 7.65. The Bertz CT molecular complexity index is 1140. The summed E-state index contributed by atoms with van der Waals surface area (Å²) in [5.74, 6) is 0.0512. The lowest BCUT2D eigenvalue weighted by atomic mass is 10.1. The molecule has 0 fully saturated rings. The van der Waals surface area contributed by atoms with Crippen LogP contribution in [0.1, 0.15) is 21.6 Å². The van der Waals surface area contributed by atoms with E-state index >= 15 is 0 Å². The SMILES string of the molecule is O=C(O)c1ccc(CCn2c(COc3cccc(OCCO)c3)c(Cl)cc(Cl)c2=O)cc1. The van der Waals surface area contributed by atoms with E-state index in [9.17, 15) is 9.59 Å². The Balaban J connectivity index is 1.78. The van der Waals surface area contributed by atoms with Gasteiger partial charge in [0.25, 0.3) is 5.56 Å². The van der Waals surface area contributed by atoms with E-state index in [2.05, 4.69) is 0 Å². The third-order valence-electron chi connectivity index (χ3n) is 4.67. The van der Waals surface area contributed by atoms with Gasteiger partial charge in [-0.1, -0.05) is 41.4 Å². The van der Waals surface area contributed by atoms with Crippen molar-refractivity contribution in [3.8, 4) is 11.5 Å². The van der Waals surface area contributed by atoms with Gasteiger partial charge < -0.3 is 24.3 Å². The molecule has 3 aromatic rings. The second kappa shape index (κ2) is 11.0. The molecule has 0 aliphatic rings. The molecule has 0 amide bonds. The van der Waals surface area contributed by atoms with E-state index in [0.717, 1.165) is 5.56 Å². The van der Waals surface area contributed by atoms with E-state index in [4.69, 9.17) is 42.9 Å². The van der Waals surface area contributed by atoms with Crippen molar-refractivity contribution in [1.29, 1.82) is 0 Å². The zero-order valence-electron chi connectivity index (χ0n) is 17.0. The number of hydrogen-bond acceptors (Lipinski definition) is 5. The average molecular weight is 478 g/mol. The number of pyridine rings is 1. The molecule has 0 aliphatic carbocycles. The van der Waals surface area contributed by atoms with Gasteiger partial charge in [0.05, 0.1) is 22.9 Å². The summed E-state index contributed by atoms with van der Waals surface area (Å²) in [5.41, 5.74) is 1.12. The Morgan fingerprint density at radius 3 is 2.31 bits per heavy atom. The topological polar surface area (TPSA) is 98.0 Å². The van der Waals surface area contributed by atoms with Gasteiger partial charge in [-0.15, -0.1) is 0 Å². The summed E-state index contributed by atoms with van der Waals surface area (Å²) in [6.07, 6.45) is 0.466. The minimum absolute atomic E-state index is 0.000578. The third kappa shape index (κ3) is 6.03. The van der Waals surface area contributed by atoms with Crippen LogP contribution in [0.2, 0.25) is 10.0 Å². The van der Waals surface area contributed by atoms with Crippen molar-refractivity contribution >= 4 is 29.2 Å². The second-order valence-electron chi connectivity index (χ2n) is 6.83. The van der Waals surface area contributed by atoms with Gasteiger partial charge in [-0.05, 0) is 42.3 Å². The Morgan fingerprint density at radius 2 is 1.66 bits per heavy atom. The predicted molar refractivity (Wildman–Crippen MR) is 121 cm³/mol. The van der Waals surface area contributed by atoms with Gasteiger partial charge in [0, 0.05) is 12.6 Å². The lowest BCUT2D eigenvalue weighted by Gasteiger charge is -2.16. The molecule has 168 valence electrons. The van der Waals surface area contributed by atoms with Gasteiger partial charge in [-0.3, -0.25) is 4.79 Å². The van der Waals surface area contributed by atoms with Crippen molar-refractivity contribution < 1.29 is 24.5 Å². The van der Waals surface area contributed by atoms with Crippen LogP contribution in [0.4, 0.5) is 0 Å². The molecule has 32 heavy (non-hydrogen) atoms. The number of aryl methyl sites for hydroxylation is 1. The minimum atomic E-state index is -1.00. The molecule has 0 saturated carbocycles. The minimum Gasteiger partial charge on any atom is -0.491 e. The monoisotopic (exact) mass is 477 g/mol. The molecule has 0 aliphatic heterocycles. The first kappa shape index (κ1) is 23.7. The maximum absolute atomic E-state index is 12.7. The summed E-state index contributed by atoms with van der Waals surface area (Å²) >= 11 is 12.4. The molecule has 0 saturated heterocycles. The van der Waals surface area contributed by atoms with Gasteiger partial charge in [0.15, 0.2) is 0 Å². The fourth-order valence-corrected chi connectivity index (χ4v) is 3.58. The smallest absolute Gasteiger partial charge is 0.335 e. The molecule has 0 bridgehead atoms. The Morgan fingerprint density at radius 1 is 0.969 bits per heavy atom. The molecule has 1 aromatic heterocycles. The number of aliphatic hydroxyl groups excluding tert-OH is 1. The summed E-state index contributed by atoms with van der Waals surface area (Å²) in [6, 6.07) is 14.7. The highest BCUT2D eigenvalue weighted by Gasteiger charge is 2.14. The van der Waals surface area contributed by atoms with Crippen molar-refractivity contribution in [3.63, 3.8) is 0 Å². The van der Waals surface area contributed by atoms with Crippen LogP contribution in [0.25, 0.3) is 0 Å². The first-order valence-electron chi connectivity index (χ1n) is 9.75. The Labute approximate surface area is 194 Å². The molecule has 1 heterocycles. The van der Waals surface area contributed by atoms with Gasteiger partial charge in [0.1, 0.15) is 29.7 Å². The van der Waals surface area contributed by atoms with Crippen molar-refractivity contribution in [2.24, 2.45) is 0 Å². The van der Waals surface area contributed by atoms with E-state index in [1.54, 1.807) is 36.4 Å². The van der Waals surface area contributed by atoms with Crippen molar-refractivity contribution in [2.75, 3.05) is 13.2 Å². The lowest BCUT2D eigenvalue weighted by Crippen LogP contribution is -2.26. The molecule has 0 spiro atoms. The van der Waals surface area contributed by atoms with E-state index < -0.39 is 11.5 Å². The lowest BCUT2D eigenvalue weighted by molar-refractivity contribution is 0.0697. The van der Waals surface area contributed by atoms with Crippen LogP contribution in [0.5, 0.6) is 11.5 Å². The number of aromatic carboxylic acids is 1. The number of rotatable bonds is 10. The highest BCUT2D eigenvalue weighted by atomic mass is 35.5. The largest absolute Gasteiger partial charge is 0.491 e. The van der Waals surface area contributed by atoms with Gasteiger partial charge in [-0.2, -0.15) is 0 Å². The van der Waals surface area contributed by atoms with Gasteiger partial charge in [0.2, 0.25) is 0 Å². The van der Waals surface area contributed by atoms with Crippen molar-refractivity contribution in [2.45, 2.75) is 19.6 Å². The number of halogens is 2. The number of nitrogens with zero attached hydrogens (tertiary/aromatic N) is 1. The fourth-order valence-electron chi connectivity index (χ4n) is 3.04. The summed E-state index contributed by atoms with van der Waals surface area (Å²) in [7, 11) is 0. The fraction of sp³-hybridized carbons (Fsp3) is 0.217. The summed E-state index contributed by atoms with van der Waals surface area (Å²) < 4.78 is 12.7. The number of carboxylic acid groups (broad SMARTS) is 1. The predicted octanol–water partition coefficient (Wildman–Crippen LogP) is 4.05. The number of aliphatic hydroxyl groups is 1. The van der Waals surface area contributed by atoms with Crippen LogP contribution in [-0.2, 0) is 19.6 Å². The highest BCUT2D eigenvalue weighted by molar-refractivity contribution is 6.34. The number of aromatic nitrogens is 1. The van der Waals surface area contributed by atoms with Crippen molar-refractivity contribution in [1.82, 2.24) is 4.57 Å². The molecule has 2 N–H and O–H groups in total. The standard InChI is InChI=1S/C23H21Cl2NO6/c24-19-13-20(25)22(28)26(9-8-15-4-6-16(7-5-15)23(29)30)21(19)14-32-18-3-1-2-17(12-18)31-11-10-27/h1-7,12-13,27H,8-11,14H2,(H,29,30). The third-order valence-corrected chi connectivity index (χ3v) is 5.27. The normalized spacial score (nSPS) is 10.7. The zero-order chi connectivity index (χ0) is 23.1. The van der Waals surface area contributed by atoms with E-state index in [0.29, 0.717) is 28.6 Å². The average Bonchev–Trinajstić information content (AvgIpc) is 2.79. The molecular weight excluding hydrogens is 457 g/mol. The van der Waals surface area contributed by atoms with E-state index in [1.807, 2.05) is 0 Å². The molecule has 2 aromatic carbocycles. The number of benzene rings is 2. The molecular formula is C23H21Cl2NO6. The molecule has 9 heteroatoms. The van der Waals surface area contributed by atoms with Crippen LogP contribution in [0.3, 0.4) is 0 Å². The summed E-state index contributed by atoms with van der Waals surface area (Å²) in [4.78, 5) is 23.7. The summed E-state index contributed by atoms with van der Waals surface area (Å²) in [5, 5.41) is 18.2. The first-order chi connectivity index (χ1) is 15.4. The zero-order valence-corrected chi connectivity index (χ0v) is 18.5. The van der Waals surface area contributed by atoms with Crippen LogP contribution in [0.15, 0.2) is 59.4 Å². The number of carbonyl (C=O) groups is 1. The van der Waals surface area contributed by atoms with Crippen LogP contribution < -0.4 is 15.0 Å². The maximum Gasteiger partial charge on any atom is 0.335 e. The van der Waals surface area contributed by atoms with E-state index in [-0.39, 0.29) is 37.0 Å². The molecule has 7 nitrogen and oxygen atoms in total. The Hall–Kier alpha value is -3.00. The highest BCUT2D eigenvalue weighted by Crippen LogP contribution is 2.23. The van der Waals surface area contributed by atoms with Crippen LogP contribution >= 0.6 is 23.2 Å². The summed E-state index contributed by atoms with van der Waals surface area (Å²) in [6.45, 7) is 0.368. The molecule has 0 atom stereocenters. The van der Waals surface area contributed by atoms with Gasteiger partial charge in [-0.25, -0.2) is 4.79 Å². The van der Waals surface area contributed by atoms with Gasteiger partial charge >= 0.3 is 5.97 Å². The Kier molecular flexibility index (Phi) is 8.16. The molecule has 3 rings (SSSR count). The number of hydrogen-bond donors (Lipinski definition) is 2. The van der Waals surface area contributed by atoms with Crippen LogP contribution in [-0.4, -0.2) is 34.0 Å². The van der Waals surface area contributed by atoms with Crippen LogP contribution in [0, 0.1) is 0 Å².